The molecule has 1 aromatic rings. The van der Waals surface area contributed by atoms with E-state index in [1.807, 2.05) is 6.92 Å². The van der Waals surface area contributed by atoms with Gasteiger partial charge in [-0.2, -0.15) is 0 Å². The Balaban J connectivity index is 2.52. The van der Waals surface area contributed by atoms with E-state index in [-0.39, 0.29) is 12.3 Å². The molecule has 0 aliphatic rings. The quantitative estimate of drug-likeness (QED) is 0.678. The summed E-state index contributed by atoms with van der Waals surface area (Å²) in [7, 11) is 0. The van der Waals surface area contributed by atoms with E-state index in [9.17, 15) is 4.79 Å². The molecule has 0 bridgehead atoms. The van der Waals surface area contributed by atoms with Gasteiger partial charge in [0.15, 0.2) is 0 Å². The first kappa shape index (κ1) is 9.06. The fourth-order valence-corrected chi connectivity index (χ4v) is 1.14. The Hall–Kier alpha value is -1.03. The Morgan fingerprint density at radius 2 is 2.50 bits per heavy atom. The van der Waals surface area contributed by atoms with Crippen LogP contribution in [-0.2, 0) is 6.54 Å². The van der Waals surface area contributed by atoms with Crippen molar-refractivity contribution in [3.63, 3.8) is 0 Å². The Morgan fingerprint density at radius 1 is 1.75 bits per heavy atom. The van der Waals surface area contributed by atoms with Gasteiger partial charge in [-0.1, -0.05) is 6.92 Å². The average molecular weight is 170 g/mol. The van der Waals surface area contributed by atoms with E-state index in [1.165, 1.54) is 0 Å². The number of hydrogen-bond donors (Lipinski definition) is 2. The SMILES string of the molecule is CC(CCO)Cn1cc[nH]c1=O. The van der Waals surface area contributed by atoms with Crippen LogP contribution in [0.2, 0.25) is 0 Å². The van der Waals surface area contributed by atoms with Gasteiger partial charge >= 0.3 is 5.69 Å². The zero-order valence-corrected chi connectivity index (χ0v) is 7.16. The maximum absolute atomic E-state index is 11.0. The van der Waals surface area contributed by atoms with Crippen molar-refractivity contribution in [1.29, 1.82) is 0 Å². The summed E-state index contributed by atoms with van der Waals surface area (Å²) in [4.78, 5) is 13.6. The van der Waals surface area contributed by atoms with E-state index in [0.717, 1.165) is 6.42 Å². The maximum Gasteiger partial charge on any atom is 0.325 e. The summed E-state index contributed by atoms with van der Waals surface area (Å²) in [6, 6.07) is 0. The van der Waals surface area contributed by atoms with Crippen LogP contribution in [0.1, 0.15) is 13.3 Å². The van der Waals surface area contributed by atoms with Crippen molar-refractivity contribution in [1.82, 2.24) is 9.55 Å². The summed E-state index contributed by atoms with van der Waals surface area (Å²) in [5, 5.41) is 8.64. The third kappa shape index (κ3) is 2.23. The lowest BCUT2D eigenvalue weighted by atomic mass is 10.1. The molecule has 0 amide bonds. The van der Waals surface area contributed by atoms with E-state index in [1.54, 1.807) is 17.0 Å². The largest absolute Gasteiger partial charge is 0.396 e. The van der Waals surface area contributed by atoms with Gasteiger partial charge in [0.1, 0.15) is 0 Å². The molecule has 2 N–H and O–H groups in total. The Bertz CT molecular complexity index is 277. The van der Waals surface area contributed by atoms with Gasteiger partial charge in [-0.15, -0.1) is 0 Å². The summed E-state index contributed by atoms with van der Waals surface area (Å²) < 4.78 is 1.61. The third-order valence-corrected chi connectivity index (χ3v) is 1.85. The zero-order valence-electron chi connectivity index (χ0n) is 7.16. The molecule has 0 saturated carbocycles. The van der Waals surface area contributed by atoms with Gasteiger partial charge in [-0.05, 0) is 12.3 Å². The first-order chi connectivity index (χ1) is 5.74. The average Bonchev–Trinajstić information content (AvgIpc) is 2.37. The van der Waals surface area contributed by atoms with E-state index in [2.05, 4.69) is 4.98 Å². The lowest BCUT2D eigenvalue weighted by Gasteiger charge is -2.08. The minimum Gasteiger partial charge on any atom is -0.396 e. The Labute approximate surface area is 70.9 Å². The number of hydrogen-bond acceptors (Lipinski definition) is 2. The summed E-state index contributed by atoms with van der Waals surface area (Å²) in [6.45, 7) is 2.86. The minimum absolute atomic E-state index is 0.0835. The van der Waals surface area contributed by atoms with Gasteiger partial charge in [-0.25, -0.2) is 4.79 Å². The molecule has 4 heteroatoms. The minimum atomic E-state index is -0.0835. The normalized spacial score (nSPS) is 13.2. The van der Waals surface area contributed by atoms with Crippen LogP contribution in [0.15, 0.2) is 17.2 Å². The van der Waals surface area contributed by atoms with Crippen LogP contribution in [0.5, 0.6) is 0 Å². The summed E-state index contributed by atoms with van der Waals surface area (Å²) >= 11 is 0. The third-order valence-electron chi connectivity index (χ3n) is 1.85. The first-order valence-electron chi connectivity index (χ1n) is 4.08. The van der Waals surface area contributed by atoms with Gasteiger partial charge in [0.05, 0.1) is 0 Å². The monoisotopic (exact) mass is 170 g/mol. The predicted molar refractivity (Wildman–Crippen MR) is 45.9 cm³/mol. The number of imidazole rings is 1. The van der Waals surface area contributed by atoms with Gasteiger partial charge in [0.25, 0.3) is 0 Å². The van der Waals surface area contributed by atoms with Crippen molar-refractivity contribution in [2.24, 2.45) is 5.92 Å². The number of nitrogens with zero attached hydrogens (tertiary/aromatic N) is 1. The smallest absolute Gasteiger partial charge is 0.325 e. The van der Waals surface area contributed by atoms with Crippen LogP contribution in [0, 0.1) is 5.92 Å². The van der Waals surface area contributed by atoms with Crippen LogP contribution in [-0.4, -0.2) is 21.3 Å². The van der Waals surface area contributed by atoms with E-state index < -0.39 is 0 Å². The van der Waals surface area contributed by atoms with E-state index in [0.29, 0.717) is 12.5 Å². The molecule has 0 aliphatic heterocycles. The molecule has 0 aromatic carbocycles. The second-order valence-electron chi connectivity index (χ2n) is 3.04. The highest BCUT2D eigenvalue weighted by atomic mass is 16.3. The molecule has 0 fully saturated rings. The number of rotatable bonds is 4. The van der Waals surface area contributed by atoms with Crippen molar-refractivity contribution in [2.75, 3.05) is 6.61 Å². The number of nitrogens with one attached hydrogen (secondary N) is 1. The number of H-pyrrole nitrogens is 1. The fraction of sp³-hybridized carbons (Fsp3) is 0.625. The highest BCUT2D eigenvalue weighted by molar-refractivity contribution is 4.76. The van der Waals surface area contributed by atoms with Crippen LogP contribution in [0.25, 0.3) is 0 Å². The number of aromatic nitrogens is 2. The molecule has 0 aliphatic carbocycles. The lowest BCUT2D eigenvalue weighted by Crippen LogP contribution is -2.20. The maximum atomic E-state index is 11.0. The predicted octanol–water partition coefficient (Wildman–Crippen LogP) is 0.195. The van der Waals surface area contributed by atoms with Crippen molar-refractivity contribution < 1.29 is 5.11 Å². The molecule has 0 saturated heterocycles. The van der Waals surface area contributed by atoms with Gasteiger partial charge in [-0.3, -0.25) is 4.57 Å². The van der Waals surface area contributed by atoms with Crippen molar-refractivity contribution in [2.45, 2.75) is 19.9 Å². The van der Waals surface area contributed by atoms with Crippen LogP contribution < -0.4 is 5.69 Å². The topological polar surface area (TPSA) is 58.0 Å². The Kier molecular flexibility index (Phi) is 3.10. The molecular weight excluding hydrogens is 156 g/mol. The van der Waals surface area contributed by atoms with Crippen LogP contribution >= 0.6 is 0 Å². The number of aliphatic hydroxyl groups is 1. The fourth-order valence-electron chi connectivity index (χ4n) is 1.14. The summed E-state index contributed by atoms with van der Waals surface area (Å²) in [5.74, 6) is 0.337. The molecule has 1 aromatic heterocycles. The number of aromatic amines is 1. The number of aliphatic hydroxyl groups excluding tert-OH is 1. The summed E-state index contributed by atoms with van der Waals surface area (Å²) in [6.07, 6.45) is 4.07. The molecule has 0 spiro atoms. The molecule has 4 nitrogen and oxygen atoms in total. The first-order valence-corrected chi connectivity index (χ1v) is 4.08. The molecular formula is C8H14N2O2. The standard InChI is InChI=1S/C8H14N2O2/c1-7(2-5-11)6-10-4-3-9-8(10)12/h3-4,7,11H,2,5-6H2,1H3,(H,9,12). The van der Waals surface area contributed by atoms with Gasteiger partial charge in [0.2, 0.25) is 0 Å². The highest BCUT2D eigenvalue weighted by Gasteiger charge is 2.03. The lowest BCUT2D eigenvalue weighted by molar-refractivity contribution is 0.253. The highest BCUT2D eigenvalue weighted by Crippen LogP contribution is 2.02. The van der Waals surface area contributed by atoms with Crippen molar-refractivity contribution in [3.8, 4) is 0 Å². The van der Waals surface area contributed by atoms with Crippen LogP contribution in [0.3, 0.4) is 0 Å². The summed E-state index contributed by atoms with van der Waals surface area (Å²) in [5.41, 5.74) is -0.0835. The van der Waals surface area contributed by atoms with Crippen LogP contribution in [0.4, 0.5) is 0 Å². The molecule has 1 unspecified atom stereocenters. The van der Waals surface area contributed by atoms with E-state index in [4.69, 9.17) is 5.11 Å². The zero-order chi connectivity index (χ0) is 8.97. The molecule has 12 heavy (non-hydrogen) atoms. The molecule has 68 valence electrons. The van der Waals surface area contributed by atoms with Crippen molar-refractivity contribution in [3.05, 3.63) is 22.9 Å². The van der Waals surface area contributed by atoms with Gasteiger partial charge in [0, 0.05) is 25.5 Å². The molecule has 1 heterocycles. The van der Waals surface area contributed by atoms with Crippen molar-refractivity contribution >= 4 is 0 Å². The van der Waals surface area contributed by atoms with E-state index >= 15 is 0 Å². The Morgan fingerprint density at radius 3 is 3.00 bits per heavy atom. The second kappa shape index (κ2) is 4.11. The molecule has 1 rings (SSSR count). The van der Waals surface area contributed by atoms with Gasteiger partial charge < -0.3 is 10.1 Å². The molecule has 0 radical (unpaired) electrons. The molecule has 1 atom stereocenters. The second-order valence-corrected chi connectivity index (χ2v) is 3.04.